The number of piperidine rings is 1. The average Bonchev–Trinajstić information content (AvgIpc) is 2.81. The van der Waals surface area contributed by atoms with Crippen molar-refractivity contribution >= 4 is 11.8 Å². The van der Waals surface area contributed by atoms with Gasteiger partial charge in [-0.1, -0.05) is 37.5 Å². The number of nitrogens with zero attached hydrogens (tertiary/aromatic N) is 3. The SMILES string of the molecule is COc1ccccc1CN1C[C@@H](C(=O)N2CCN(C3CCCCC3)CC2)CCC1=O. The lowest BCUT2D eigenvalue weighted by atomic mass is 9.93. The van der Waals surface area contributed by atoms with Crippen molar-refractivity contribution in [2.45, 2.75) is 57.5 Å². The van der Waals surface area contributed by atoms with E-state index in [4.69, 9.17) is 4.74 Å². The lowest BCUT2D eigenvalue weighted by Gasteiger charge is -2.42. The van der Waals surface area contributed by atoms with Crippen molar-refractivity contribution in [1.29, 1.82) is 0 Å². The van der Waals surface area contributed by atoms with Crippen molar-refractivity contribution in [3.8, 4) is 5.75 Å². The maximum Gasteiger partial charge on any atom is 0.227 e. The number of likely N-dealkylation sites (tertiary alicyclic amines) is 1. The summed E-state index contributed by atoms with van der Waals surface area (Å²) < 4.78 is 5.43. The summed E-state index contributed by atoms with van der Waals surface area (Å²) in [6.07, 6.45) is 7.83. The summed E-state index contributed by atoms with van der Waals surface area (Å²) >= 11 is 0. The van der Waals surface area contributed by atoms with E-state index in [-0.39, 0.29) is 17.7 Å². The number of para-hydroxylation sites is 1. The Morgan fingerprint density at radius 3 is 2.50 bits per heavy atom. The molecule has 1 aromatic rings. The molecule has 0 spiro atoms. The fourth-order valence-corrected chi connectivity index (χ4v) is 5.32. The predicted octanol–water partition coefficient (Wildman–Crippen LogP) is 2.91. The van der Waals surface area contributed by atoms with Gasteiger partial charge < -0.3 is 14.5 Å². The van der Waals surface area contributed by atoms with Crippen molar-refractivity contribution < 1.29 is 14.3 Å². The summed E-state index contributed by atoms with van der Waals surface area (Å²) in [5.41, 5.74) is 0.988. The number of rotatable bonds is 5. The number of carbonyl (C=O) groups is 2. The van der Waals surface area contributed by atoms with E-state index in [1.165, 1.54) is 32.1 Å². The number of carbonyl (C=O) groups excluding carboxylic acids is 2. The Hall–Kier alpha value is -2.08. The molecule has 1 aliphatic carbocycles. The van der Waals surface area contributed by atoms with Gasteiger partial charge in [0.05, 0.1) is 13.0 Å². The highest BCUT2D eigenvalue weighted by atomic mass is 16.5. The number of benzene rings is 1. The molecule has 1 saturated carbocycles. The Morgan fingerprint density at radius 1 is 1.03 bits per heavy atom. The number of ether oxygens (including phenoxy) is 1. The van der Waals surface area contributed by atoms with Crippen LogP contribution >= 0.6 is 0 Å². The molecule has 6 heteroatoms. The van der Waals surface area contributed by atoms with Crippen LogP contribution in [0, 0.1) is 5.92 Å². The summed E-state index contributed by atoms with van der Waals surface area (Å²) in [6.45, 7) is 4.65. The Morgan fingerprint density at radius 2 is 1.77 bits per heavy atom. The molecule has 0 bridgehead atoms. The summed E-state index contributed by atoms with van der Waals surface area (Å²) in [5.74, 6) is 1.07. The van der Waals surface area contributed by atoms with Crippen molar-refractivity contribution in [2.24, 2.45) is 5.92 Å². The summed E-state index contributed by atoms with van der Waals surface area (Å²) in [5, 5.41) is 0. The third-order valence-electron chi connectivity index (χ3n) is 7.12. The van der Waals surface area contributed by atoms with Gasteiger partial charge in [-0.15, -0.1) is 0 Å². The standard InChI is InChI=1S/C24H35N3O3/c1-30-22-10-6-5-7-19(22)17-27-18-20(11-12-23(27)28)24(29)26-15-13-25(14-16-26)21-8-3-2-4-9-21/h5-7,10,20-21H,2-4,8-9,11-18H2,1H3/t20-/m0/s1. The molecule has 0 aromatic heterocycles. The van der Waals surface area contributed by atoms with E-state index in [0.717, 1.165) is 43.5 Å². The minimum atomic E-state index is -0.0846. The molecule has 2 amide bonds. The Bertz CT molecular complexity index is 739. The van der Waals surface area contributed by atoms with Crippen LogP contribution in [-0.2, 0) is 16.1 Å². The monoisotopic (exact) mass is 413 g/mol. The highest BCUT2D eigenvalue weighted by Crippen LogP contribution is 2.27. The lowest BCUT2D eigenvalue weighted by Crippen LogP contribution is -2.55. The second-order valence-electron chi connectivity index (χ2n) is 8.97. The molecule has 3 aliphatic rings. The van der Waals surface area contributed by atoms with Crippen molar-refractivity contribution in [2.75, 3.05) is 39.8 Å². The van der Waals surface area contributed by atoms with E-state index < -0.39 is 0 Å². The summed E-state index contributed by atoms with van der Waals surface area (Å²) in [4.78, 5) is 32.2. The molecule has 3 fully saturated rings. The van der Waals surface area contributed by atoms with Crippen molar-refractivity contribution in [3.63, 3.8) is 0 Å². The van der Waals surface area contributed by atoms with E-state index in [0.29, 0.717) is 25.9 Å². The zero-order valence-electron chi connectivity index (χ0n) is 18.2. The highest BCUT2D eigenvalue weighted by molar-refractivity contribution is 5.84. The van der Waals surface area contributed by atoms with E-state index in [9.17, 15) is 9.59 Å². The average molecular weight is 414 g/mol. The van der Waals surface area contributed by atoms with Gasteiger partial charge in [-0.3, -0.25) is 14.5 Å². The Labute approximate surface area is 180 Å². The maximum atomic E-state index is 13.2. The van der Waals surface area contributed by atoms with Gasteiger partial charge in [-0.05, 0) is 25.3 Å². The largest absolute Gasteiger partial charge is 0.496 e. The minimum absolute atomic E-state index is 0.0846. The third-order valence-corrected chi connectivity index (χ3v) is 7.12. The first-order valence-corrected chi connectivity index (χ1v) is 11.6. The van der Waals surface area contributed by atoms with Gasteiger partial charge in [0.15, 0.2) is 0 Å². The molecule has 2 aliphatic heterocycles. The molecule has 2 saturated heterocycles. The second-order valence-corrected chi connectivity index (χ2v) is 8.97. The molecule has 0 N–H and O–H groups in total. The van der Waals surface area contributed by atoms with Gasteiger partial charge in [0.2, 0.25) is 11.8 Å². The molecular formula is C24H35N3O3. The number of amides is 2. The molecule has 0 unspecified atom stereocenters. The van der Waals surface area contributed by atoms with E-state index >= 15 is 0 Å². The number of methoxy groups -OCH3 is 1. The second kappa shape index (κ2) is 9.82. The maximum absolute atomic E-state index is 13.2. The van der Waals surface area contributed by atoms with E-state index in [1.54, 1.807) is 7.11 Å². The van der Waals surface area contributed by atoms with Crippen LogP contribution in [0.5, 0.6) is 5.75 Å². The van der Waals surface area contributed by atoms with Crippen molar-refractivity contribution in [3.05, 3.63) is 29.8 Å². The van der Waals surface area contributed by atoms with Crippen LogP contribution in [0.2, 0.25) is 0 Å². The van der Waals surface area contributed by atoms with Gasteiger partial charge in [-0.2, -0.15) is 0 Å². The van der Waals surface area contributed by atoms with E-state index in [1.807, 2.05) is 34.1 Å². The molecule has 0 radical (unpaired) electrons. The lowest BCUT2D eigenvalue weighted by molar-refractivity contribution is -0.144. The molecule has 1 aromatic carbocycles. The highest BCUT2D eigenvalue weighted by Gasteiger charge is 2.35. The fourth-order valence-electron chi connectivity index (χ4n) is 5.32. The Kier molecular flexibility index (Phi) is 6.93. The zero-order chi connectivity index (χ0) is 20.9. The summed E-state index contributed by atoms with van der Waals surface area (Å²) in [7, 11) is 1.65. The Balaban J connectivity index is 1.32. The molecule has 2 heterocycles. The first kappa shape index (κ1) is 21.2. The molecule has 164 valence electrons. The quantitative estimate of drug-likeness (QED) is 0.745. The van der Waals surface area contributed by atoms with Gasteiger partial charge in [0.25, 0.3) is 0 Å². The molecule has 6 nitrogen and oxygen atoms in total. The fraction of sp³-hybridized carbons (Fsp3) is 0.667. The van der Waals surface area contributed by atoms with Gasteiger partial charge >= 0.3 is 0 Å². The zero-order valence-corrected chi connectivity index (χ0v) is 18.2. The minimum Gasteiger partial charge on any atom is -0.496 e. The third kappa shape index (κ3) is 4.80. The molecule has 30 heavy (non-hydrogen) atoms. The first-order valence-electron chi connectivity index (χ1n) is 11.6. The number of piperazine rings is 1. The van der Waals surface area contributed by atoms with Crippen LogP contribution in [0.3, 0.4) is 0 Å². The smallest absolute Gasteiger partial charge is 0.227 e. The molecular weight excluding hydrogens is 378 g/mol. The van der Waals surface area contributed by atoms with Gasteiger partial charge in [-0.25, -0.2) is 0 Å². The van der Waals surface area contributed by atoms with Crippen molar-refractivity contribution in [1.82, 2.24) is 14.7 Å². The van der Waals surface area contributed by atoms with Crippen LogP contribution in [0.4, 0.5) is 0 Å². The molecule has 1 atom stereocenters. The van der Waals surface area contributed by atoms with Gasteiger partial charge in [0, 0.05) is 57.3 Å². The predicted molar refractivity (Wildman–Crippen MR) is 116 cm³/mol. The topological polar surface area (TPSA) is 53.1 Å². The molecule has 4 rings (SSSR count). The normalized spacial score (nSPS) is 24.2. The first-order chi connectivity index (χ1) is 14.7. The van der Waals surface area contributed by atoms with Crippen LogP contribution in [-0.4, -0.2) is 72.4 Å². The van der Waals surface area contributed by atoms with Crippen LogP contribution < -0.4 is 4.74 Å². The van der Waals surface area contributed by atoms with Crippen LogP contribution in [0.25, 0.3) is 0 Å². The summed E-state index contributed by atoms with van der Waals surface area (Å²) in [6, 6.07) is 8.51. The van der Waals surface area contributed by atoms with Crippen LogP contribution in [0.1, 0.15) is 50.5 Å². The number of hydrogen-bond acceptors (Lipinski definition) is 4. The van der Waals surface area contributed by atoms with Crippen LogP contribution in [0.15, 0.2) is 24.3 Å². The van der Waals surface area contributed by atoms with E-state index in [2.05, 4.69) is 4.90 Å². The number of hydrogen-bond donors (Lipinski definition) is 0. The van der Waals surface area contributed by atoms with Gasteiger partial charge in [0.1, 0.15) is 5.75 Å².